The number of carbonyl (C=O) groups is 1. The number of nitrogens with two attached hydrogens (primary N) is 1. The summed E-state index contributed by atoms with van der Waals surface area (Å²) in [4.78, 5) is 13.6. The van der Waals surface area contributed by atoms with Crippen molar-refractivity contribution >= 4 is 17.5 Å². The van der Waals surface area contributed by atoms with Crippen LogP contribution in [0.15, 0.2) is 42.5 Å². The Balaban J connectivity index is 1.75. The Kier molecular flexibility index (Phi) is 5.25. The zero-order valence-electron chi connectivity index (χ0n) is 14.0. The topological polar surface area (TPSA) is 86.0 Å². The van der Waals surface area contributed by atoms with E-state index in [1.807, 2.05) is 24.3 Å². The van der Waals surface area contributed by atoms with Crippen molar-refractivity contribution in [1.82, 2.24) is 5.32 Å². The van der Waals surface area contributed by atoms with Gasteiger partial charge >= 0.3 is 6.09 Å². The van der Waals surface area contributed by atoms with E-state index in [1.54, 1.807) is 18.2 Å². The predicted octanol–water partition coefficient (Wildman–Crippen LogP) is 2.62. The van der Waals surface area contributed by atoms with Gasteiger partial charge in [0, 0.05) is 38.0 Å². The third-order valence-corrected chi connectivity index (χ3v) is 3.82. The molecular weight excluding hydrogens is 322 g/mol. The summed E-state index contributed by atoms with van der Waals surface area (Å²) in [7, 11) is 1.48. The Morgan fingerprint density at radius 3 is 2.68 bits per heavy atom. The second-order valence-electron chi connectivity index (χ2n) is 5.54. The van der Waals surface area contributed by atoms with Crippen molar-refractivity contribution in [3.63, 3.8) is 0 Å². The van der Waals surface area contributed by atoms with Crippen LogP contribution in [0.2, 0.25) is 0 Å². The van der Waals surface area contributed by atoms with Crippen LogP contribution in [0.25, 0.3) is 0 Å². The zero-order valence-corrected chi connectivity index (χ0v) is 14.0. The maximum Gasteiger partial charge on any atom is 0.412 e. The van der Waals surface area contributed by atoms with Gasteiger partial charge in [0.05, 0.1) is 18.9 Å². The van der Waals surface area contributed by atoms with Gasteiger partial charge in [0.15, 0.2) is 5.75 Å². The molecule has 3 rings (SSSR count). The van der Waals surface area contributed by atoms with Gasteiger partial charge in [0.25, 0.3) is 0 Å². The van der Waals surface area contributed by atoms with Crippen LogP contribution in [0.4, 0.5) is 16.2 Å². The van der Waals surface area contributed by atoms with Crippen molar-refractivity contribution in [2.75, 3.05) is 44.0 Å². The quantitative estimate of drug-likeness (QED) is 0.830. The van der Waals surface area contributed by atoms with E-state index < -0.39 is 6.09 Å². The molecule has 0 aromatic heterocycles. The molecule has 7 nitrogen and oxygen atoms in total. The number of morpholine rings is 1. The van der Waals surface area contributed by atoms with Crippen LogP contribution in [-0.4, -0.2) is 39.4 Å². The molecule has 2 aromatic rings. The van der Waals surface area contributed by atoms with Crippen LogP contribution < -0.4 is 25.4 Å². The molecule has 0 spiro atoms. The summed E-state index contributed by atoms with van der Waals surface area (Å²) in [5.41, 5.74) is 7.27. The normalized spacial score (nSPS) is 14.0. The van der Waals surface area contributed by atoms with Crippen molar-refractivity contribution in [3.05, 3.63) is 42.5 Å². The third-order valence-electron chi connectivity index (χ3n) is 3.82. The van der Waals surface area contributed by atoms with Gasteiger partial charge in [-0.05, 0) is 24.3 Å². The summed E-state index contributed by atoms with van der Waals surface area (Å²) in [6, 6.07) is 12.8. The number of rotatable bonds is 4. The Morgan fingerprint density at radius 1 is 1.16 bits per heavy atom. The average molecular weight is 343 g/mol. The van der Waals surface area contributed by atoms with Gasteiger partial charge in [-0.25, -0.2) is 4.79 Å². The summed E-state index contributed by atoms with van der Waals surface area (Å²) in [5, 5.41) is 2.38. The highest BCUT2D eigenvalue weighted by molar-refractivity contribution is 5.73. The molecule has 1 saturated heterocycles. The molecule has 0 bridgehead atoms. The first-order valence-corrected chi connectivity index (χ1v) is 8.05. The molecule has 2 aromatic carbocycles. The largest absolute Gasteiger partial charge is 0.457 e. The second kappa shape index (κ2) is 7.76. The molecular formula is C18H21N3O4. The zero-order chi connectivity index (χ0) is 17.6. The highest BCUT2D eigenvalue weighted by Crippen LogP contribution is 2.31. The molecule has 0 unspecified atom stereocenters. The molecule has 1 amide bonds. The van der Waals surface area contributed by atoms with Gasteiger partial charge in [-0.2, -0.15) is 0 Å². The number of anilines is 2. The Bertz CT molecular complexity index is 745. The smallest absolute Gasteiger partial charge is 0.412 e. The minimum atomic E-state index is -0.585. The number of benzene rings is 2. The first-order chi connectivity index (χ1) is 12.2. The summed E-state index contributed by atoms with van der Waals surface area (Å²) in [6.45, 7) is 3.16. The van der Waals surface area contributed by atoms with Crippen molar-refractivity contribution in [2.45, 2.75) is 0 Å². The van der Waals surface area contributed by atoms with Crippen LogP contribution in [0.3, 0.4) is 0 Å². The van der Waals surface area contributed by atoms with E-state index in [1.165, 1.54) is 7.05 Å². The average Bonchev–Trinajstić information content (AvgIpc) is 2.65. The number of ether oxygens (including phenoxy) is 3. The summed E-state index contributed by atoms with van der Waals surface area (Å²) >= 11 is 0. The molecule has 7 heteroatoms. The van der Waals surface area contributed by atoms with E-state index in [-0.39, 0.29) is 5.75 Å². The van der Waals surface area contributed by atoms with E-state index in [2.05, 4.69) is 10.2 Å². The molecule has 1 aliphatic rings. The van der Waals surface area contributed by atoms with E-state index in [4.69, 9.17) is 19.9 Å². The number of hydrogen-bond donors (Lipinski definition) is 2. The number of nitrogen functional groups attached to an aromatic ring is 1. The molecule has 25 heavy (non-hydrogen) atoms. The van der Waals surface area contributed by atoms with Crippen LogP contribution in [0, 0.1) is 0 Å². The lowest BCUT2D eigenvalue weighted by atomic mass is 10.2. The highest BCUT2D eigenvalue weighted by Gasteiger charge is 2.12. The molecule has 0 atom stereocenters. The van der Waals surface area contributed by atoms with E-state index in [9.17, 15) is 4.79 Å². The standard InChI is InChI=1S/C18H21N3O4/c1-20-18(22)25-17-12-15(5-6-16(17)19)24-14-4-2-3-13(11-14)21-7-9-23-10-8-21/h2-6,11-12H,7-10,19H2,1H3,(H,20,22). The fraction of sp³-hybridized carbons (Fsp3) is 0.278. The Labute approximate surface area is 146 Å². The van der Waals surface area contributed by atoms with Gasteiger partial charge in [-0.1, -0.05) is 6.07 Å². The monoisotopic (exact) mass is 343 g/mol. The summed E-state index contributed by atoms with van der Waals surface area (Å²) < 4.78 is 16.4. The number of carbonyl (C=O) groups excluding carboxylic acids is 1. The fourth-order valence-corrected chi connectivity index (χ4v) is 2.52. The van der Waals surface area contributed by atoms with Crippen molar-refractivity contribution in [1.29, 1.82) is 0 Å². The molecule has 1 heterocycles. The third kappa shape index (κ3) is 4.33. The highest BCUT2D eigenvalue weighted by atomic mass is 16.6. The molecule has 1 fully saturated rings. The summed E-state index contributed by atoms with van der Waals surface area (Å²) in [5.74, 6) is 1.48. The van der Waals surface area contributed by atoms with E-state index in [0.29, 0.717) is 17.2 Å². The van der Waals surface area contributed by atoms with E-state index in [0.717, 1.165) is 32.0 Å². The minimum absolute atomic E-state index is 0.251. The van der Waals surface area contributed by atoms with Gasteiger partial charge in [-0.3, -0.25) is 0 Å². The lowest BCUT2D eigenvalue weighted by molar-refractivity contribution is 0.122. The lowest BCUT2D eigenvalue weighted by Gasteiger charge is -2.29. The summed E-state index contributed by atoms with van der Waals surface area (Å²) in [6.07, 6.45) is -0.585. The number of nitrogens with one attached hydrogen (secondary N) is 1. The van der Waals surface area contributed by atoms with Crippen molar-refractivity contribution in [3.8, 4) is 17.2 Å². The predicted molar refractivity (Wildman–Crippen MR) is 95.5 cm³/mol. The molecule has 3 N–H and O–H groups in total. The maximum absolute atomic E-state index is 11.4. The lowest BCUT2D eigenvalue weighted by Crippen LogP contribution is -2.36. The minimum Gasteiger partial charge on any atom is -0.457 e. The molecule has 1 aliphatic heterocycles. The first kappa shape index (κ1) is 16.9. The van der Waals surface area contributed by atoms with Gasteiger partial charge in [0.1, 0.15) is 11.5 Å². The molecule has 0 saturated carbocycles. The van der Waals surface area contributed by atoms with Crippen LogP contribution in [0.5, 0.6) is 17.2 Å². The fourth-order valence-electron chi connectivity index (χ4n) is 2.52. The Hall–Kier alpha value is -2.93. The number of amides is 1. The van der Waals surface area contributed by atoms with Gasteiger partial charge < -0.3 is 30.2 Å². The molecule has 132 valence electrons. The Morgan fingerprint density at radius 2 is 1.92 bits per heavy atom. The van der Waals surface area contributed by atoms with Crippen LogP contribution in [-0.2, 0) is 4.74 Å². The SMILES string of the molecule is CNC(=O)Oc1cc(Oc2cccc(N3CCOCC3)c2)ccc1N. The molecule has 0 aliphatic carbocycles. The molecule has 0 radical (unpaired) electrons. The van der Waals surface area contributed by atoms with E-state index >= 15 is 0 Å². The van der Waals surface area contributed by atoms with Crippen molar-refractivity contribution in [2.24, 2.45) is 0 Å². The first-order valence-electron chi connectivity index (χ1n) is 8.05. The second-order valence-corrected chi connectivity index (χ2v) is 5.54. The van der Waals surface area contributed by atoms with Crippen LogP contribution in [0.1, 0.15) is 0 Å². The van der Waals surface area contributed by atoms with Crippen LogP contribution >= 0.6 is 0 Å². The number of hydrogen-bond acceptors (Lipinski definition) is 6. The maximum atomic E-state index is 11.4. The van der Waals surface area contributed by atoms with Gasteiger partial charge in [-0.15, -0.1) is 0 Å². The van der Waals surface area contributed by atoms with Crippen molar-refractivity contribution < 1.29 is 19.0 Å². The number of nitrogens with zero attached hydrogens (tertiary/aromatic N) is 1. The van der Waals surface area contributed by atoms with Gasteiger partial charge in [0.2, 0.25) is 0 Å².